The third kappa shape index (κ3) is 23.3. The Balaban J connectivity index is 1.99. The zero-order chi connectivity index (χ0) is 61.9. The van der Waals surface area contributed by atoms with Gasteiger partial charge < -0.3 is 92.3 Å². The van der Waals surface area contributed by atoms with E-state index < -0.39 is 114 Å². The maximum atomic E-state index is 14.6. The number of nitrogens with two attached hydrogens (primary N) is 7. The molecule has 3 rings (SSSR count). The van der Waals surface area contributed by atoms with Crippen LogP contribution in [0.4, 0.5) is 0 Å². The Kier molecular flexibility index (Phi) is 29.7. The summed E-state index contributed by atoms with van der Waals surface area (Å²) < 4.78 is 0. The highest BCUT2D eigenvalue weighted by atomic mass is 16.3. The molecule has 464 valence electrons. The number of hydrogen-bond donors (Lipinski definition) is 16. The van der Waals surface area contributed by atoms with Crippen LogP contribution in [0.5, 0.6) is 0 Å². The molecule has 1 saturated heterocycles. The lowest BCUT2D eigenvalue weighted by Gasteiger charge is -2.30. The predicted molar refractivity (Wildman–Crippen MR) is 316 cm³/mol. The molecule has 1 aromatic carbocycles. The summed E-state index contributed by atoms with van der Waals surface area (Å²) in [6.07, 6.45) is 4.46. The highest BCUT2D eigenvalue weighted by molar-refractivity contribution is 5.99. The molecule has 23 N–H and O–H groups in total. The number of aliphatic hydroxyl groups is 1. The van der Waals surface area contributed by atoms with Crippen molar-refractivity contribution >= 4 is 76.0 Å². The lowest BCUT2D eigenvalue weighted by Crippen LogP contribution is -2.61. The molecular weight excluding hydrogens is 1070 g/mol. The first-order chi connectivity index (χ1) is 39.3. The number of likely N-dealkylation sites (tertiary alicyclic amines) is 1. The van der Waals surface area contributed by atoms with Gasteiger partial charge in [-0.25, -0.2) is 0 Å². The fourth-order valence-corrected chi connectivity index (χ4v) is 9.57. The van der Waals surface area contributed by atoms with Gasteiger partial charge >= 0.3 is 0 Å². The number of hydrogen-bond acceptors (Lipinski definition) is 14. The van der Waals surface area contributed by atoms with Crippen LogP contribution in [0.25, 0.3) is 10.9 Å². The summed E-state index contributed by atoms with van der Waals surface area (Å²) >= 11 is 0. The predicted octanol–water partition coefficient (Wildman–Crippen LogP) is -2.73. The van der Waals surface area contributed by atoms with E-state index in [-0.39, 0.29) is 107 Å². The number of rotatable bonds is 37. The Labute approximate surface area is 485 Å². The van der Waals surface area contributed by atoms with Crippen molar-refractivity contribution in [2.24, 2.45) is 67.9 Å². The van der Waals surface area contributed by atoms with E-state index in [9.17, 15) is 48.3 Å². The molecule has 1 aliphatic rings. The van der Waals surface area contributed by atoms with E-state index in [1.165, 1.54) is 4.90 Å². The number of aliphatic hydroxyl groups excluding tert-OH is 1. The molecule has 10 atom stereocenters. The van der Waals surface area contributed by atoms with Crippen LogP contribution in [0.2, 0.25) is 0 Å². The minimum atomic E-state index is -1.74. The quantitative estimate of drug-likeness (QED) is 0.0186. The Hall–Kier alpha value is -7.59. The second-order valence-electron chi connectivity index (χ2n) is 22.1. The first kappa shape index (κ1) is 69.7. The fourth-order valence-electron chi connectivity index (χ4n) is 9.57. The van der Waals surface area contributed by atoms with E-state index in [1.54, 1.807) is 24.4 Å². The summed E-state index contributed by atoms with van der Waals surface area (Å²) in [6, 6.07) is -3.97. The van der Waals surface area contributed by atoms with Crippen LogP contribution in [0.1, 0.15) is 124 Å². The van der Waals surface area contributed by atoms with Crippen LogP contribution in [-0.4, -0.2) is 167 Å². The van der Waals surface area contributed by atoms with Gasteiger partial charge in [0.2, 0.25) is 53.2 Å². The van der Waals surface area contributed by atoms with Gasteiger partial charge in [-0.05, 0) is 107 Å². The van der Waals surface area contributed by atoms with E-state index in [2.05, 4.69) is 52.2 Å². The van der Waals surface area contributed by atoms with Crippen LogP contribution in [0, 0.1) is 17.8 Å². The summed E-state index contributed by atoms with van der Waals surface area (Å²) in [5.41, 5.74) is 41.2. The van der Waals surface area contributed by atoms with Crippen molar-refractivity contribution in [3.8, 4) is 0 Å². The van der Waals surface area contributed by atoms with Gasteiger partial charge in [-0.2, -0.15) is 0 Å². The molecule has 0 saturated carbocycles. The number of aromatic amines is 1. The number of nitrogens with one attached hydrogen (secondary N) is 8. The summed E-state index contributed by atoms with van der Waals surface area (Å²) in [5, 5.41) is 30.3. The van der Waals surface area contributed by atoms with Crippen molar-refractivity contribution in [3.63, 3.8) is 0 Å². The van der Waals surface area contributed by atoms with Crippen molar-refractivity contribution in [1.82, 2.24) is 47.1 Å². The normalized spacial score (nSPS) is 16.4. The molecule has 0 bridgehead atoms. The molecule has 28 heteroatoms. The topological polar surface area (TPSA) is 484 Å². The van der Waals surface area contributed by atoms with E-state index in [4.69, 9.17) is 40.1 Å². The number of amides is 9. The van der Waals surface area contributed by atoms with Crippen molar-refractivity contribution in [2.45, 2.75) is 179 Å². The Morgan fingerprint density at radius 1 is 0.627 bits per heavy atom. The first-order valence-corrected chi connectivity index (χ1v) is 28.8. The van der Waals surface area contributed by atoms with Gasteiger partial charge in [0.15, 0.2) is 11.9 Å². The van der Waals surface area contributed by atoms with E-state index >= 15 is 0 Å². The van der Waals surface area contributed by atoms with Crippen molar-refractivity contribution in [3.05, 3.63) is 36.0 Å². The molecule has 0 spiro atoms. The minimum Gasteiger partial charge on any atom is -0.394 e. The number of fused-ring (bicyclic) bond motifs is 1. The van der Waals surface area contributed by atoms with Crippen LogP contribution in [0.3, 0.4) is 0 Å². The zero-order valence-electron chi connectivity index (χ0n) is 49.0. The smallest absolute Gasteiger partial charge is 0.245 e. The standard InChI is InChI=1S/C55H94N18O10/c1-7-32(6)44(57)52(82)70-39(25-30(2)3)49(79)67-38(19-13-23-64-55(61)62)47(77)69-40(27-33-28-65-35-16-9-8-15-34(33)35)50(80)72-42(29-74)51(81)68-37(18-12-22-63-54(59)60)46(76)66-36(17-10-11-21-56)48(78)71-41(26-31(4)5)53(83)73-24-14-20-43(73)45(58)75/h8-9,15-16,28,30-32,36-44,65,74H,7,10-14,17-27,29,56-57H2,1-6H3,(H2,58,75)(H,66,76)(H,67,79)(H,68,81)(H,69,77)(H,70,82)(H,71,78)(H,72,80)(H4,59,60,63)(H4,61,62,64)/t32-,36+,37+,38+,39+,40+,41+,42+,43+,44-/m1/s1. The van der Waals surface area contributed by atoms with Crippen LogP contribution < -0.4 is 77.4 Å². The number of unbranched alkanes of at least 4 members (excludes halogenated alkanes) is 1. The van der Waals surface area contributed by atoms with Crippen LogP contribution >= 0.6 is 0 Å². The zero-order valence-corrected chi connectivity index (χ0v) is 49.0. The lowest BCUT2D eigenvalue weighted by molar-refractivity contribution is -0.141. The van der Waals surface area contributed by atoms with Crippen molar-refractivity contribution in [2.75, 3.05) is 32.8 Å². The summed E-state index contributed by atoms with van der Waals surface area (Å²) in [6.45, 7) is 10.8. The number of aliphatic imine (C=N–C) groups is 2. The second-order valence-corrected chi connectivity index (χ2v) is 22.1. The molecule has 28 nitrogen and oxygen atoms in total. The number of para-hydroxylation sites is 1. The Bertz CT molecular complexity index is 2530. The van der Waals surface area contributed by atoms with Crippen molar-refractivity contribution in [1.29, 1.82) is 0 Å². The Morgan fingerprint density at radius 2 is 1.08 bits per heavy atom. The second kappa shape index (κ2) is 35.4. The number of carbonyl (C=O) groups is 9. The SMILES string of the molecule is CC[C@@H](C)[C@@H](N)C(=O)N[C@@H](CC(C)C)C(=O)N[C@@H](CCCN=C(N)N)C(=O)N[C@@H](Cc1c[nH]c2ccccc12)C(=O)N[C@@H](CO)C(=O)N[C@@H](CCCN=C(N)N)C(=O)N[C@@H](CCCCN)C(=O)N[C@@H](CC(C)C)C(=O)N1CCC[C@H]1C(N)=O. The van der Waals surface area contributed by atoms with Gasteiger partial charge in [-0.1, -0.05) is 66.2 Å². The third-order valence-electron chi connectivity index (χ3n) is 14.4. The molecule has 1 aromatic heterocycles. The molecule has 0 unspecified atom stereocenters. The molecule has 2 heterocycles. The average Bonchev–Trinajstić information content (AvgIpc) is 4.06. The monoisotopic (exact) mass is 1170 g/mol. The number of H-pyrrole nitrogens is 1. The molecule has 9 amide bonds. The molecule has 0 radical (unpaired) electrons. The minimum absolute atomic E-state index is 0.0225. The summed E-state index contributed by atoms with van der Waals surface area (Å²) in [5.74, 6) is -7.55. The highest BCUT2D eigenvalue weighted by Crippen LogP contribution is 2.22. The van der Waals surface area contributed by atoms with E-state index in [0.717, 1.165) is 0 Å². The number of carbonyl (C=O) groups excluding carboxylic acids is 9. The first-order valence-electron chi connectivity index (χ1n) is 28.8. The highest BCUT2D eigenvalue weighted by Gasteiger charge is 2.39. The largest absolute Gasteiger partial charge is 0.394 e. The number of benzene rings is 1. The van der Waals surface area contributed by atoms with Gasteiger partial charge in [0.25, 0.3) is 0 Å². The van der Waals surface area contributed by atoms with E-state index in [1.807, 2.05) is 47.6 Å². The van der Waals surface area contributed by atoms with Crippen LogP contribution in [0.15, 0.2) is 40.4 Å². The number of primary amides is 1. The van der Waals surface area contributed by atoms with Gasteiger partial charge in [-0.15, -0.1) is 0 Å². The molecular formula is C55H94N18O10. The third-order valence-corrected chi connectivity index (χ3v) is 14.4. The molecule has 1 aliphatic heterocycles. The maximum absolute atomic E-state index is 14.6. The number of nitrogens with zero attached hydrogens (tertiary/aromatic N) is 3. The van der Waals surface area contributed by atoms with Gasteiger partial charge in [0.1, 0.15) is 48.3 Å². The molecule has 1 fully saturated rings. The maximum Gasteiger partial charge on any atom is 0.245 e. The van der Waals surface area contributed by atoms with Crippen LogP contribution in [-0.2, 0) is 49.6 Å². The average molecular weight is 1170 g/mol. The fraction of sp³-hybridized carbons (Fsp3) is 0.655. The molecule has 2 aromatic rings. The van der Waals surface area contributed by atoms with Gasteiger partial charge in [-0.3, -0.25) is 53.1 Å². The summed E-state index contributed by atoms with van der Waals surface area (Å²) in [7, 11) is 0. The number of guanidine groups is 2. The summed E-state index contributed by atoms with van der Waals surface area (Å²) in [4.78, 5) is 138. The lowest BCUT2D eigenvalue weighted by atomic mass is 9.97. The van der Waals surface area contributed by atoms with Crippen molar-refractivity contribution < 1.29 is 48.3 Å². The number of aromatic nitrogens is 1. The molecule has 83 heavy (non-hydrogen) atoms. The molecule has 0 aliphatic carbocycles. The van der Waals surface area contributed by atoms with Gasteiger partial charge in [0, 0.05) is 43.2 Å². The van der Waals surface area contributed by atoms with E-state index in [0.29, 0.717) is 48.6 Å². The Morgan fingerprint density at radius 3 is 1.59 bits per heavy atom. The van der Waals surface area contributed by atoms with Gasteiger partial charge in [0.05, 0.1) is 12.6 Å².